The van der Waals surface area contributed by atoms with Gasteiger partial charge >= 0.3 is 0 Å². The molecule has 1 heterocycles. The summed E-state index contributed by atoms with van der Waals surface area (Å²) < 4.78 is 37.0. The average molecular weight is 431 g/mol. The molecule has 1 aliphatic rings. The van der Waals surface area contributed by atoms with E-state index in [-0.39, 0.29) is 6.61 Å². The number of hydrogen-bond acceptors (Lipinski definition) is 6. The molecule has 0 bridgehead atoms. The molecular formula is C21H26N3O5P. The first-order chi connectivity index (χ1) is 14.5. The van der Waals surface area contributed by atoms with Gasteiger partial charge in [-0.2, -0.15) is 0 Å². The normalized spacial score (nSPS) is 26.5. The number of methoxy groups -OCH3 is 1. The fourth-order valence-corrected chi connectivity index (χ4v) is 5.95. The number of benzene rings is 2. The van der Waals surface area contributed by atoms with Gasteiger partial charge in [0, 0.05) is 24.4 Å². The van der Waals surface area contributed by atoms with Gasteiger partial charge in [0.05, 0.1) is 24.5 Å². The first-order valence-electron chi connectivity index (χ1n) is 9.64. The van der Waals surface area contributed by atoms with E-state index in [1.54, 1.807) is 19.1 Å². The molecule has 1 aliphatic heterocycles. The van der Waals surface area contributed by atoms with Crippen molar-refractivity contribution in [3.05, 3.63) is 76.7 Å². The predicted octanol–water partition coefficient (Wildman–Crippen LogP) is 4.26. The molecule has 160 valence electrons. The Bertz CT molecular complexity index is 907. The number of ether oxygens (including phenoxy) is 3. The SMILES string of the molecule is COC1O[C@H](C(C)P(=O)(OC)c2ccccc2)[C@@H](OCc2ccccc2)[C@@H]1N=[N+]=[N-]. The van der Waals surface area contributed by atoms with Gasteiger partial charge in [-0.3, -0.25) is 4.57 Å². The van der Waals surface area contributed by atoms with Crippen LogP contribution < -0.4 is 5.30 Å². The van der Waals surface area contributed by atoms with Crippen LogP contribution in [-0.2, 0) is 29.9 Å². The Balaban J connectivity index is 1.92. The van der Waals surface area contributed by atoms with Gasteiger partial charge in [-0.05, 0) is 23.2 Å². The van der Waals surface area contributed by atoms with Crippen molar-refractivity contribution in [3.8, 4) is 0 Å². The first-order valence-corrected chi connectivity index (χ1v) is 11.3. The highest BCUT2D eigenvalue weighted by Gasteiger charge is 2.52. The summed E-state index contributed by atoms with van der Waals surface area (Å²) in [5.74, 6) is 0. The molecule has 0 saturated carbocycles. The van der Waals surface area contributed by atoms with Crippen LogP contribution in [0.15, 0.2) is 65.8 Å². The number of rotatable bonds is 9. The lowest BCUT2D eigenvalue weighted by Crippen LogP contribution is -2.40. The number of hydrogen-bond donors (Lipinski definition) is 0. The zero-order valence-corrected chi connectivity index (χ0v) is 18.1. The van der Waals surface area contributed by atoms with Crippen LogP contribution in [0.5, 0.6) is 0 Å². The second-order valence-electron chi connectivity index (χ2n) is 7.02. The molecule has 30 heavy (non-hydrogen) atoms. The van der Waals surface area contributed by atoms with E-state index in [1.165, 1.54) is 14.2 Å². The van der Waals surface area contributed by atoms with E-state index < -0.39 is 37.6 Å². The monoisotopic (exact) mass is 431 g/mol. The minimum Gasteiger partial charge on any atom is -0.370 e. The van der Waals surface area contributed by atoms with Gasteiger partial charge in [-0.25, -0.2) is 0 Å². The third-order valence-corrected chi connectivity index (χ3v) is 8.26. The zero-order chi connectivity index (χ0) is 21.6. The van der Waals surface area contributed by atoms with Crippen LogP contribution in [0.4, 0.5) is 0 Å². The van der Waals surface area contributed by atoms with E-state index in [0.717, 1.165) is 5.56 Å². The predicted molar refractivity (Wildman–Crippen MR) is 114 cm³/mol. The smallest absolute Gasteiger partial charge is 0.237 e. The molecule has 3 rings (SSSR count). The molecule has 2 aromatic rings. The van der Waals surface area contributed by atoms with Crippen molar-refractivity contribution in [1.29, 1.82) is 0 Å². The summed E-state index contributed by atoms with van der Waals surface area (Å²) in [5.41, 5.74) is 9.46. The second kappa shape index (κ2) is 10.2. The van der Waals surface area contributed by atoms with E-state index in [1.807, 2.05) is 48.5 Å². The van der Waals surface area contributed by atoms with Crippen LogP contribution in [-0.4, -0.2) is 44.4 Å². The first kappa shape index (κ1) is 22.5. The maximum Gasteiger partial charge on any atom is 0.237 e. The Morgan fingerprint density at radius 1 is 1.13 bits per heavy atom. The van der Waals surface area contributed by atoms with Crippen molar-refractivity contribution in [1.82, 2.24) is 0 Å². The summed E-state index contributed by atoms with van der Waals surface area (Å²) in [7, 11) is -0.404. The van der Waals surface area contributed by atoms with Gasteiger partial charge in [0.2, 0.25) is 7.37 Å². The van der Waals surface area contributed by atoms with Crippen LogP contribution >= 0.6 is 7.37 Å². The van der Waals surface area contributed by atoms with E-state index in [4.69, 9.17) is 24.3 Å². The molecule has 2 aromatic carbocycles. The van der Waals surface area contributed by atoms with Crippen molar-refractivity contribution in [2.45, 2.75) is 43.7 Å². The minimum atomic E-state index is -3.30. The summed E-state index contributed by atoms with van der Waals surface area (Å²) in [6.07, 6.45) is -2.14. The van der Waals surface area contributed by atoms with E-state index in [9.17, 15) is 4.57 Å². The summed E-state index contributed by atoms with van der Waals surface area (Å²) >= 11 is 0. The third-order valence-electron chi connectivity index (χ3n) is 5.33. The Hall–Kier alpha value is -2.18. The molecule has 0 spiro atoms. The molecule has 1 fully saturated rings. The maximum absolute atomic E-state index is 13.8. The van der Waals surface area contributed by atoms with Gasteiger partial charge in [0.15, 0.2) is 6.29 Å². The fourth-order valence-electron chi connectivity index (χ4n) is 3.72. The molecule has 0 amide bonds. The highest BCUT2D eigenvalue weighted by atomic mass is 31.2. The molecule has 3 unspecified atom stereocenters. The van der Waals surface area contributed by atoms with Crippen molar-refractivity contribution >= 4 is 12.7 Å². The lowest BCUT2D eigenvalue weighted by molar-refractivity contribution is -0.122. The lowest BCUT2D eigenvalue weighted by Gasteiger charge is -2.31. The van der Waals surface area contributed by atoms with E-state index in [0.29, 0.717) is 5.30 Å². The largest absolute Gasteiger partial charge is 0.370 e. The van der Waals surface area contributed by atoms with Crippen molar-refractivity contribution in [2.24, 2.45) is 5.11 Å². The van der Waals surface area contributed by atoms with Crippen molar-refractivity contribution in [3.63, 3.8) is 0 Å². The van der Waals surface area contributed by atoms with E-state index >= 15 is 0 Å². The molecule has 0 aromatic heterocycles. The molecule has 9 heteroatoms. The van der Waals surface area contributed by atoms with Crippen LogP contribution in [0.1, 0.15) is 12.5 Å². The minimum absolute atomic E-state index is 0.286. The molecule has 0 aliphatic carbocycles. The summed E-state index contributed by atoms with van der Waals surface area (Å²) in [6, 6.07) is 17.9. The Morgan fingerprint density at radius 2 is 1.77 bits per heavy atom. The Kier molecular flexibility index (Phi) is 7.67. The molecule has 8 nitrogen and oxygen atoms in total. The topological polar surface area (TPSA) is 103 Å². The summed E-state index contributed by atoms with van der Waals surface area (Å²) in [5, 5.41) is 4.45. The summed E-state index contributed by atoms with van der Waals surface area (Å²) in [6.45, 7) is 2.08. The fraction of sp³-hybridized carbons (Fsp3) is 0.429. The Morgan fingerprint density at radius 3 is 2.33 bits per heavy atom. The van der Waals surface area contributed by atoms with Crippen LogP contribution in [0, 0.1) is 0 Å². The van der Waals surface area contributed by atoms with Gasteiger partial charge in [-0.1, -0.05) is 60.6 Å². The zero-order valence-electron chi connectivity index (χ0n) is 17.2. The average Bonchev–Trinajstić information content (AvgIpc) is 3.15. The van der Waals surface area contributed by atoms with Crippen molar-refractivity contribution < 1.29 is 23.3 Å². The molecular weight excluding hydrogens is 405 g/mol. The van der Waals surface area contributed by atoms with Crippen LogP contribution in [0.25, 0.3) is 10.4 Å². The van der Waals surface area contributed by atoms with Gasteiger partial charge in [-0.15, -0.1) is 0 Å². The van der Waals surface area contributed by atoms with Gasteiger partial charge in [0.25, 0.3) is 0 Å². The van der Waals surface area contributed by atoms with Crippen molar-refractivity contribution in [2.75, 3.05) is 14.2 Å². The van der Waals surface area contributed by atoms with Gasteiger partial charge in [0.1, 0.15) is 6.04 Å². The lowest BCUT2D eigenvalue weighted by atomic mass is 10.1. The summed E-state index contributed by atoms with van der Waals surface area (Å²) in [4.78, 5) is 2.94. The second-order valence-corrected chi connectivity index (χ2v) is 9.91. The van der Waals surface area contributed by atoms with E-state index in [2.05, 4.69) is 10.0 Å². The molecule has 1 saturated heterocycles. The third kappa shape index (κ3) is 4.60. The van der Waals surface area contributed by atoms with Gasteiger partial charge < -0.3 is 18.7 Å². The molecule has 0 N–H and O–H groups in total. The number of nitrogens with zero attached hydrogens (tertiary/aromatic N) is 3. The molecule has 6 atom stereocenters. The van der Waals surface area contributed by atoms with Crippen LogP contribution in [0.3, 0.4) is 0 Å². The van der Waals surface area contributed by atoms with Crippen LogP contribution in [0.2, 0.25) is 0 Å². The maximum atomic E-state index is 13.8. The Labute approximate surface area is 176 Å². The highest BCUT2D eigenvalue weighted by Crippen LogP contribution is 2.53. The standard InChI is InChI=1S/C21H26N3O5P/c1-15(30(25,27-3)17-12-8-5-9-13-17)19-20(18(23-24-22)21(26-2)29-19)28-14-16-10-6-4-7-11-16/h4-13,15,18-21H,14H2,1-3H3/t15?,18-,19+,20-,21?,30?/m0/s1. The quantitative estimate of drug-likeness (QED) is 0.255. The highest BCUT2D eigenvalue weighted by molar-refractivity contribution is 7.67. The number of azide groups is 1. The molecule has 0 radical (unpaired) electrons.